The van der Waals surface area contributed by atoms with E-state index in [1.54, 1.807) is 6.92 Å². The molecule has 2 nitrogen and oxygen atoms in total. The summed E-state index contributed by atoms with van der Waals surface area (Å²) in [6.07, 6.45) is 8.76. The molecule has 33 heavy (non-hydrogen) atoms. The van der Waals surface area contributed by atoms with Gasteiger partial charge in [-0.1, -0.05) is 94.1 Å². The molecular weight excluding hydrogens is 608 g/mol. The fraction of sp³-hybridized carbons (Fsp3) is 0.276. The van der Waals surface area contributed by atoms with E-state index in [9.17, 15) is 4.79 Å². The molecule has 0 aromatic heterocycles. The fourth-order valence-corrected chi connectivity index (χ4v) is 6.33. The number of unbranched alkanes of at least 4 members (excludes halogenated alkanes) is 3. The van der Waals surface area contributed by atoms with Crippen LogP contribution in [0.5, 0.6) is 0 Å². The molecular formula is C29H33AuO2P+. The average molecular weight is 642 g/mol. The summed E-state index contributed by atoms with van der Waals surface area (Å²) in [5, 5.41) is 4.31. The number of hydrogen-bond donors (Lipinski definition) is 0. The Hall–Kier alpha value is -1.96. The van der Waals surface area contributed by atoms with E-state index in [2.05, 4.69) is 104 Å². The molecule has 0 N–H and O–H groups in total. The normalized spacial score (nSPS) is 14.6. The van der Waals surface area contributed by atoms with E-state index >= 15 is 0 Å². The predicted molar refractivity (Wildman–Crippen MR) is 138 cm³/mol. The van der Waals surface area contributed by atoms with Crippen LogP contribution in [0.1, 0.15) is 46.0 Å². The van der Waals surface area contributed by atoms with Gasteiger partial charge in [0.25, 0.3) is 0 Å². The second-order valence-electron chi connectivity index (χ2n) is 7.99. The van der Waals surface area contributed by atoms with Crippen molar-refractivity contribution >= 4 is 29.8 Å². The molecule has 3 aromatic carbocycles. The predicted octanol–water partition coefficient (Wildman–Crippen LogP) is 5.81. The third-order valence-corrected chi connectivity index (χ3v) is 8.17. The van der Waals surface area contributed by atoms with Crippen molar-refractivity contribution in [3.8, 4) is 0 Å². The summed E-state index contributed by atoms with van der Waals surface area (Å²) in [4.78, 5) is 11.0. The molecule has 4 heteroatoms. The minimum atomic E-state index is -0.877. The van der Waals surface area contributed by atoms with Crippen LogP contribution in [0.2, 0.25) is 0 Å². The molecule has 0 amide bonds. The van der Waals surface area contributed by atoms with Gasteiger partial charge in [-0.15, -0.1) is 5.57 Å². The van der Waals surface area contributed by atoms with E-state index in [4.69, 9.17) is 4.74 Å². The van der Waals surface area contributed by atoms with Crippen LogP contribution in [0, 0.1) is 6.08 Å². The van der Waals surface area contributed by atoms with Gasteiger partial charge in [0.1, 0.15) is 15.9 Å². The molecule has 0 bridgehead atoms. The fourth-order valence-electron chi connectivity index (χ4n) is 3.75. The second kappa shape index (κ2) is 15.0. The summed E-state index contributed by atoms with van der Waals surface area (Å²) in [6.45, 7) is 3.94. The van der Waals surface area contributed by atoms with Crippen LogP contribution < -0.4 is 15.9 Å². The first-order valence-electron chi connectivity index (χ1n) is 11.5. The molecule has 0 saturated heterocycles. The van der Waals surface area contributed by atoms with Crippen molar-refractivity contribution in [2.75, 3.05) is 0 Å². The molecule has 0 aliphatic carbocycles. The Morgan fingerprint density at radius 3 is 1.58 bits per heavy atom. The van der Waals surface area contributed by atoms with Gasteiger partial charge in [-0.3, -0.25) is 0 Å². The van der Waals surface area contributed by atoms with Crippen molar-refractivity contribution in [2.24, 2.45) is 0 Å². The van der Waals surface area contributed by atoms with E-state index in [0.29, 0.717) is 5.57 Å². The maximum absolute atomic E-state index is 11.0. The number of rotatable bonds is 8. The molecule has 0 radical (unpaired) electrons. The number of benzene rings is 3. The molecule has 0 spiro atoms. The van der Waals surface area contributed by atoms with Crippen molar-refractivity contribution in [2.45, 2.75) is 52.1 Å². The number of cyclic esters (lactones) is 1. The summed E-state index contributed by atoms with van der Waals surface area (Å²) < 4.78 is 5.07. The zero-order chi connectivity index (χ0) is 22.6. The van der Waals surface area contributed by atoms with Gasteiger partial charge in [0.05, 0.1) is 7.92 Å². The first-order valence-corrected chi connectivity index (χ1v) is 13.0. The van der Waals surface area contributed by atoms with Crippen molar-refractivity contribution < 1.29 is 31.9 Å². The Morgan fingerprint density at radius 2 is 1.21 bits per heavy atom. The van der Waals surface area contributed by atoms with Gasteiger partial charge >= 0.3 is 22.4 Å². The summed E-state index contributed by atoms with van der Waals surface area (Å²) in [5.74, 6) is -0.194. The second-order valence-corrected chi connectivity index (χ2v) is 10.5. The Labute approximate surface area is 215 Å². The maximum Gasteiger partial charge on any atom is 1.00 e. The van der Waals surface area contributed by atoms with E-state index in [1.165, 1.54) is 35.2 Å². The van der Waals surface area contributed by atoms with Gasteiger partial charge in [-0.05, 0) is 42.8 Å². The minimum absolute atomic E-state index is 0. The molecule has 1 atom stereocenters. The Kier molecular flexibility index (Phi) is 12.4. The number of esters is 1. The average Bonchev–Trinajstić information content (AvgIpc) is 3.16. The molecule has 1 unspecified atom stereocenters. The molecule has 4 rings (SSSR count). The molecule has 0 fully saturated rings. The maximum atomic E-state index is 11.0. The van der Waals surface area contributed by atoms with Gasteiger partial charge in [0.2, 0.25) is 0 Å². The Balaban J connectivity index is 0.000000244. The van der Waals surface area contributed by atoms with Gasteiger partial charge in [-0.25, -0.2) is 6.08 Å². The summed E-state index contributed by atoms with van der Waals surface area (Å²) in [7, 11) is -0.877. The van der Waals surface area contributed by atoms with Crippen LogP contribution in [0.15, 0.2) is 96.6 Å². The van der Waals surface area contributed by atoms with Crippen LogP contribution >= 0.6 is 7.92 Å². The smallest absolute Gasteiger partial charge is 0.558 e. The monoisotopic (exact) mass is 641 g/mol. The van der Waals surface area contributed by atoms with Gasteiger partial charge < -0.3 is 9.53 Å². The first-order chi connectivity index (χ1) is 15.7. The first kappa shape index (κ1) is 27.3. The molecule has 1 heterocycles. The SMILES string of the molecule is CCCCCCC1[C-]=C(C)C(=O)O1.[Au+].c1ccc([PH+](c2ccccc2)c2ccccc2)cc1. The van der Waals surface area contributed by atoms with Crippen LogP contribution in [-0.2, 0) is 31.9 Å². The molecule has 1 aliphatic rings. The van der Waals surface area contributed by atoms with E-state index in [0.717, 1.165) is 12.8 Å². The molecule has 176 valence electrons. The van der Waals surface area contributed by atoms with Crippen molar-refractivity contribution in [3.63, 3.8) is 0 Å². The molecule has 1 aliphatic heterocycles. The topological polar surface area (TPSA) is 26.3 Å². The van der Waals surface area contributed by atoms with Crippen LogP contribution in [0.4, 0.5) is 0 Å². The zero-order valence-corrected chi connectivity index (χ0v) is 22.6. The van der Waals surface area contributed by atoms with Crippen LogP contribution in [-0.4, -0.2) is 12.1 Å². The standard InChI is InChI=1S/C18H15P.C11H17O2.Au/c1-4-10-16(11-5-1)19(17-12-6-2-7-13-17)18-14-8-3-9-15-18;1-3-4-5-6-7-10-8-9(2)11(12)13-10;/h1-15H;10H,3-7H2,1-2H3;/q;-1;+1/p+1. The largest absolute Gasteiger partial charge is 1.00 e. The van der Waals surface area contributed by atoms with Gasteiger partial charge in [0.15, 0.2) is 5.97 Å². The zero-order valence-electron chi connectivity index (χ0n) is 19.4. The minimum Gasteiger partial charge on any atom is -0.558 e. The Bertz CT molecular complexity index is 880. The number of ether oxygens (including phenoxy) is 1. The number of carbonyl (C=O) groups excluding carboxylic acids is 1. The van der Waals surface area contributed by atoms with Crippen molar-refractivity contribution in [1.29, 1.82) is 0 Å². The van der Waals surface area contributed by atoms with E-state index < -0.39 is 7.92 Å². The summed E-state index contributed by atoms with van der Waals surface area (Å²) in [6, 6.07) is 32.5. The number of hydrogen-bond acceptors (Lipinski definition) is 2. The third-order valence-electron chi connectivity index (χ3n) is 5.44. The van der Waals surface area contributed by atoms with Gasteiger partial charge in [-0.2, -0.15) is 0 Å². The van der Waals surface area contributed by atoms with E-state index in [1.807, 2.05) is 0 Å². The quantitative estimate of drug-likeness (QED) is 0.102. The van der Waals surface area contributed by atoms with Crippen LogP contribution in [0.25, 0.3) is 0 Å². The summed E-state index contributed by atoms with van der Waals surface area (Å²) in [5.41, 5.74) is 0.639. The summed E-state index contributed by atoms with van der Waals surface area (Å²) >= 11 is 0. The Morgan fingerprint density at radius 1 is 0.758 bits per heavy atom. The molecule has 0 saturated carbocycles. The van der Waals surface area contributed by atoms with Crippen molar-refractivity contribution in [1.82, 2.24) is 0 Å². The van der Waals surface area contributed by atoms with E-state index in [-0.39, 0.29) is 34.5 Å². The van der Waals surface area contributed by atoms with Crippen LogP contribution in [0.3, 0.4) is 0 Å². The molecule has 3 aromatic rings. The van der Waals surface area contributed by atoms with Gasteiger partial charge in [0, 0.05) is 6.10 Å². The third kappa shape index (κ3) is 8.72. The van der Waals surface area contributed by atoms with Crippen molar-refractivity contribution in [3.05, 3.63) is 103 Å². The number of carbonyl (C=O) groups is 1.